The molecule has 0 radical (unpaired) electrons. The first kappa shape index (κ1) is 8.67. The second-order valence-electron chi connectivity index (χ2n) is 1.99. The number of rotatable bonds is 3. The average Bonchev–Trinajstić information content (AvgIpc) is 2.15. The second kappa shape index (κ2) is 4.46. The number of hydrogen-bond acceptors (Lipinski definition) is 4. The van der Waals surface area contributed by atoms with E-state index in [9.17, 15) is 4.79 Å². The molecule has 0 atom stereocenters. The van der Waals surface area contributed by atoms with E-state index in [2.05, 4.69) is 14.8 Å². The van der Waals surface area contributed by atoms with Gasteiger partial charge in [0.2, 0.25) is 0 Å². The number of carbonyl (C=O) groups is 1. The van der Waals surface area contributed by atoms with E-state index in [1.807, 2.05) is 0 Å². The zero-order chi connectivity index (χ0) is 8.81. The maximum Gasteiger partial charge on any atom is 0.391 e. The van der Waals surface area contributed by atoms with Gasteiger partial charge in [-0.15, -0.1) is 0 Å². The number of nitrogens with zero attached hydrogens (tertiary/aromatic N) is 1. The molecular weight excluding hydrogens is 158 g/mol. The first-order valence-electron chi connectivity index (χ1n) is 3.59. The minimum absolute atomic E-state index is 0.242. The molecule has 12 heavy (non-hydrogen) atoms. The Kier molecular flexibility index (Phi) is 3.22. The smallest absolute Gasteiger partial charge is 0.291 e. The van der Waals surface area contributed by atoms with E-state index < -0.39 is 5.97 Å². The van der Waals surface area contributed by atoms with Crippen LogP contribution in [0.3, 0.4) is 0 Å². The Labute approximate surface area is 70.1 Å². The Morgan fingerprint density at radius 2 is 2.42 bits per heavy atom. The second-order valence-corrected chi connectivity index (χ2v) is 1.99. The molecule has 4 nitrogen and oxygen atoms in total. The van der Waals surface area contributed by atoms with E-state index in [0.717, 1.165) is 0 Å². The number of hydrogen-bond donors (Lipinski definition) is 0. The molecule has 1 aromatic rings. The molecule has 0 aliphatic rings. The molecular formula is C8H9NO3. The summed E-state index contributed by atoms with van der Waals surface area (Å²) >= 11 is 0. The van der Waals surface area contributed by atoms with Gasteiger partial charge in [0.15, 0.2) is 5.69 Å². The number of aromatic nitrogens is 1. The molecule has 0 spiro atoms. The van der Waals surface area contributed by atoms with Gasteiger partial charge < -0.3 is 0 Å². The molecule has 0 saturated heterocycles. The van der Waals surface area contributed by atoms with Gasteiger partial charge in [0.05, 0.1) is 6.61 Å². The summed E-state index contributed by atoms with van der Waals surface area (Å²) in [6.07, 6.45) is 1.52. The minimum Gasteiger partial charge on any atom is -0.291 e. The van der Waals surface area contributed by atoms with Crippen molar-refractivity contribution >= 4 is 5.97 Å². The normalized spacial score (nSPS) is 9.42. The summed E-state index contributed by atoms with van der Waals surface area (Å²) in [4.78, 5) is 23.6. The van der Waals surface area contributed by atoms with Crippen molar-refractivity contribution in [3.05, 3.63) is 30.1 Å². The van der Waals surface area contributed by atoms with Gasteiger partial charge in [0.25, 0.3) is 0 Å². The Morgan fingerprint density at radius 1 is 1.58 bits per heavy atom. The summed E-state index contributed by atoms with van der Waals surface area (Å²) in [7, 11) is 0. The molecule has 0 amide bonds. The third kappa shape index (κ3) is 2.32. The van der Waals surface area contributed by atoms with Crippen LogP contribution < -0.4 is 0 Å². The third-order valence-electron chi connectivity index (χ3n) is 1.13. The lowest BCUT2D eigenvalue weighted by Crippen LogP contribution is -2.07. The van der Waals surface area contributed by atoms with E-state index >= 15 is 0 Å². The highest BCUT2D eigenvalue weighted by Crippen LogP contribution is 1.96. The molecule has 1 heterocycles. The summed E-state index contributed by atoms with van der Waals surface area (Å²) in [5.41, 5.74) is 0.242. The minimum atomic E-state index is -0.572. The van der Waals surface area contributed by atoms with Crippen molar-refractivity contribution in [1.82, 2.24) is 4.98 Å². The van der Waals surface area contributed by atoms with Crippen LogP contribution in [0.15, 0.2) is 24.4 Å². The van der Waals surface area contributed by atoms with Gasteiger partial charge in [-0.1, -0.05) is 6.07 Å². The molecule has 0 fully saturated rings. The molecule has 0 N–H and O–H groups in total. The quantitative estimate of drug-likeness (QED) is 0.501. The average molecular weight is 167 g/mol. The van der Waals surface area contributed by atoms with Crippen LogP contribution in [0.2, 0.25) is 0 Å². The molecule has 0 saturated carbocycles. The van der Waals surface area contributed by atoms with Crippen LogP contribution in [0.25, 0.3) is 0 Å². The molecule has 4 heteroatoms. The fourth-order valence-corrected chi connectivity index (χ4v) is 0.639. The van der Waals surface area contributed by atoms with Crippen molar-refractivity contribution in [2.24, 2.45) is 0 Å². The van der Waals surface area contributed by atoms with Crippen molar-refractivity contribution in [3.63, 3.8) is 0 Å². The fourth-order valence-electron chi connectivity index (χ4n) is 0.639. The van der Waals surface area contributed by atoms with Crippen LogP contribution in [0.1, 0.15) is 17.4 Å². The zero-order valence-corrected chi connectivity index (χ0v) is 6.69. The van der Waals surface area contributed by atoms with E-state index in [1.165, 1.54) is 6.20 Å². The Hall–Kier alpha value is -1.42. The molecule has 0 unspecified atom stereocenters. The van der Waals surface area contributed by atoms with Crippen LogP contribution in [-0.4, -0.2) is 17.6 Å². The van der Waals surface area contributed by atoms with Gasteiger partial charge >= 0.3 is 5.97 Å². The van der Waals surface area contributed by atoms with Crippen molar-refractivity contribution in [2.75, 3.05) is 6.61 Å². The standard InChI is InChI=1S/C8H9NO3/c1-2-11-12-8(10)7-5-3-4-6-9-7/h3-6H,2H2,1H3. The highest BCUT2D eigenvalue weighted by Gasteiger charge is 2.07. The van der Waals surface area contributed by atoms with Crippen LogP contribution in [0.4, 0.5) is 0 Å². The third-order valence-corrected chi connectivity index (χ3v) is 1.13. The summed E-state index contributed by atoms with van der Waals surface area (Å²) in [6.45, 7) is 2.06. The van der Waals surface area contributed by atoms with Crippen molar-refractivity contribution in [3.8, 4) is 0 Å². The monoisotopic (exact) mass is 167 g/mol. The van der Waals surface area contributed by atoms with E-state index in [-0.39, 0.29) is 5.69 Å². The first-order valence-corrected chi connectivity index (χ1v) is 3.59. The lowest BCUT2D eigenvalue weighted by molar-refractivity contribution is -0.237. The lowest BCUT2D eigenvalue weighted by atomic mass is 10.4. The topological polar surface area (TPSA) is 48.4 Å². The van der Waals surface area contributed by atoms with Crippen molar-refractivity contribution in [1.29, 1.82) is 0 Å². The molecule has 0 aliphatic heterocycles. The number of pyridine rings is 1. The maximum absolute atomic E-state index is 11.0. The van der Waals surface area contributed by atoms with Gasteiger partial charge in [0.1, 0.15) is 0 Å². The van der Waals surface area contributed by atoms with Gasteiger partial charge in [-0.05, 0) is 19.1 Å². The predicted octanol–water partition coefficient (Wildman–Crippen LogP) is 1.19. The van der Waals surface area contributed by atoms with Crippen LogP contribution in [0.5, 0.6) is 0 Å². The van der Waals surface area contributed by atoms with Crippen molar-refractivity contribution < 1.29 is 14.6 Å². The fraction of sp³-hybridized carbons (Fsp3) is 0.250. The molecule has 0 aliphatic carbocycles. The molecule has 0 aromatic carbocycles. The molecule has 0 bridgehead atoms. The van der Waals surface area contributed by atoms with E-state index in [4.69, 9.17) is 0 Å². The number of carbonyl (C=O) groups excluding carboxylic acids is 1. The Balaban J connectivity index is 2.54. The van der Waals surface area contributed by atoms with Crippen LogP contribution in [0, 0.1) is 0 Å². The summed E-state index contributed by atoms with van der Waals surface area (Å²) < 4.78 is 0. The molecule has 64 valence electrons. The summed E-state index contributed by atoms with van der Waals surface area (Å²) in [5.74, 6) is -0.572. The summed E-state index contributed by atoms with van der Waals surface area (Å²) in [6, 6.07) is 4.98. The van der Waals surface area contributed by atoms with Gasteiger partial charge in [-0.2, -0.15) is 4.89 Å². The van der Waals surface area contributed by atoms with E-state index in [0.29, 0.717) is 6.61 Å². The summed E-state index contributed by atoms with van der Waals surface area (Å²) in [5, 5.41) is 0. The largest absolute Gasteiger partial charge is 0.391 e. The van der Waals surface area contributed by atoms with Gasteiger partial charge in [-0.3, -0.25) is 4.89 Å². The SMILES string of the molecule is CCOOC(=O)c1ccccn1. The molecule has 1 aromatic heterocycles. The maximum atomic E-state index is 11.0. The first-order chi connectivity index (χ1) is 5.84. The highest BCUT2D eigenvalue weighted by atomic mass is 17.2. The highest BCUT2D eigenvalue weighted by molar-refractivity contribution is 5.86. The van der Waals surface area contributed by atoms with Gasteiger partial charge in [0, 0.05) is 6.20 Å². The lowest BCUT2D eigenvalue weighted by Gasteiger charge is -1.98. The van der Waals surface area contributed by atoms with Gasteiger partial charge in [-0.25, -0.2) is 9.78 Å². The predicted molar refractivity (Wildman–Crippen MR) is 41.3 cm³/mol. The van der Waals surface area contributed by atoms with E-state index in [1.54, 1.807) is 25.1 Å². The van der Waals surface area contributed by atoms with Crippen LogP contribution >= 0.6 is 0 Å². The zero-order valence-electron chi connectivity index (χ0n) is 6.69. The Morgan fingerprint density at radius 3 is 3.00 bits per heavy atom. The Bertz CT molecular complexity index is 248. The molecule has 1 rings (SSSR count). The van der Waals surface area contributed by atoms with Crippen LogP contribution in [-0.2, 0) is 9.78 Å². The van der Waals surface area contributed by atoms with Crippen molar-refractivity contribution in [2.45, 2.75) is 6.92 Å².